The van der Waals surface area contributed by atoms with Crippen molar-refractivity contribution < 1.29 is 28.4 Å². The Morgan fingerprint density at radius 1 is 0.279 bits per heavy atom. The summed E-state index contributed by atoms with van der Waals surface area (Å²) in [6.45, 7) is 56.8. The van der Waals surface area contributed by atoms with Crippen LogP contribution in [0.5, 0.6) is 34.5 Å². The Hall–Kier alpha value is -3.00. The summed E-state index contributed by atoms with van der Waals surface area (Å²) in [7, 11) is 0. The molecule has 0 aliphatic heterocycles. The van der Waals surface area contributed by atoms with Gasteiger partial charge in [-0.3, -0.25) is 0 Å². The van der Waals surface area contributed by atoms with Gasteiger partial charge in [-0.25, -0.2) is 0 Å². The van der Waals surface area contributed by atoms with E-state index >= 15 is 0 Å². The number of ether oxygens (including phenoxy) is 6. The molecule has 7 heteroatoms. The monoisotopic (exact) mass is 906 g/mol. The van der Waals surface area contributed by atoms with Gasteiger partial charge in [-0.05, 0) is 0 Å². The van der Waals surface area contributed by atoms with Crippen LogP contribution in [-0.4, -0.2) is 54.0 Å². The van der Waals surface area contributed by atoms with Gasteiger partial charge in [0.15, 0.2) is 0 Å². The molecular formula is C54H87GeO6. The molecule has 0 heterocycles. The number of rotatable bonds is 15. The molecule has 0 saturated carbocycles. The summed E-state index contributed by atoms with van der Waals surface area (Å²) in [5.41, 5.74) is 5.24. The Balaban J connectivity index is 3.30. The molecule has 1 radical (unpaired) electrons. The van der Waals surface area contributed by atoms with E-state index in [0.717, 1.165) is 81.1 Å². The topological polar surface area (TPSA) is 55.4 Å². The van der Waals surface area contributed by atoms with Crippen molar-refractivity contribution >= 4 is 27.5 Å². The zero-order valence-corrected chi connectivity index (χ0v) is 45.5. The summed E-state index contributed by atoms with van der Waals surface area (Å²) < 4.78 is 46.3. The van der Waals surface area contributed by atoms with Crippen molar-refractivity contribution in [1.29, 1.82) is 0 Å². The van der Waals surface area contributed by atoms with E-state index in [9.17, 15) is 0 Å². The molecule has 3 aromatic carbocycles. The molecular weight excluding hydrogens is 817 g/mol. The third-order valence-electron chi connectivity index (χ3n) is 11.0. The SMILES string of the molecule is CCOc1c(C(C)(C)C)cc(C(C)(C)C)c(OCC)[c]1[Ge]([c]1c(OCC)c(C(C)(C)C)cc(C(C)(C)C)c1OCC)[c]1c(OCC)c(C(C)(C)C)cc(C(C)(C)C)c1OCC. The van der Waals surface area contributed by atoms with Crippen LogP contribution in [0.1, 0.15) is 200 Å². The third-order valence-corrected chi connectivity index (χ3v) is 17.0. The van der Waals surface area contributed by atoms with Crippen molar-refractivity contribution in [2.45, 2.75) is 199 Å². The Morgan fingerprint density at radius 3 is 0.508 bits per heavy atom. The zero-order chi connectivity index (χ0) is 46.8. The molecule has 0 saturated heterocycles. The summed E-state index contributed by atoms with van der Waals surface area (Å²) in [6.07, 6.45) is 0. The Kier molecular flexibility index (Phi) is 16.6. The van der Waals surface area contributed by atoms with E-state index in [1.54, 1.807) is 0 Å². The molecule has 0 amide bonds. The first kappa shape index (κ1) is 52.3. The van der Waals surface area contributed by atoms with E-state index in [4.69, 9.17) is 28.4 Å². The maximum absolute atomic E-state index is 7.16. The first-order valence-electron chi connectivity index (χ1n) is 23.2. The van der Waals surface area contributed by atoms with Crippen LogP contribution in [0.4, 0.5) is 0 Å². The van der Waals surface area contributed by atoms with E-state index < -0.39 is 14.3 Å². The Morgan fingerprint density at radius 2 is 0.410 bits per heavy atom. The molecule has 343 valence electrons. The summed E-state index contributed by atoms with van der Waals surface area (Å²) >= 11 is -3.58. The van der Waals surface area contributed by atoms with Crippen molar-refractivity contribution in [3.05, 3.63) is 51.6 Å². The van der Waals surface area contributed by atoms with Crippen LogP contribution in [0.3, 0.4) is 0 Å². The van der Waals surface area contributed by atoms with Crippen LogP contribution >= 0.6 is 0 Å². The maximum atomic E-state index is 7.16. The minimum absolute atomic E-state index is 0.280. The van der Waals surface area contributed by atoms with Gasteiger partial charge in [0.25, 0.3) is 0 Å². The third kappa shape index (κ3) is 11.4. The second kappa shape index (κ2) is 19.4. The predicted octanol–water partition coefficient (Wildman–Crippen LogP) is 12.4. The van der Waals surface area contributed by atoms with Crippen LogP contribution in [0.25, 0.3) is 0 Å². The molecule has 0 unspecified atom stereocenters. The molecule has 0 spiro atoms. The van der Waals surface area contributed by atoms with E-state index in [-0.39, 0.29) is 32.5 Å². The first-order valence-corrected chi connectivity index (χ1v) is 26.3. The van der Waals surface area contributed by atoms with Gasteiger partial charge in [0.2, 0.25) is 0 Å². The Bertz CT molecular complexity index is 1610. The van der Waals surface area contributed by atoms with Crippen molar-refractivity contribution in [2.75, 3.05) is 39.6 Å². The number of benzene rings is 3. The minimum atomic E-state index is -3.58. The van der Waals surface area contributed by atoms with Crippen LogP contribution in [0.2, 0.25) is 0 Å². The number of hydrogen-bond acceptors (Lipinski definition) is 6. The van der Waals surface area contributed by atoms with E-state index in [1.807, 2.05) is 0 Å². The predicted molar refractivity (Wildman–Crippen MR) is 263 cm³/mol. The van der Waals surface area contributed by atoms with Gasteiger partial charge in [-0.2, -0.15) is 0 Å². The van der Waals surface area contributed by atoms with Gasteiger partial charge >= 0.3 is 380 Å². The van der Waals surface area contributed by atoms with Crippen molar-refractivity contribution in [3.8, 4) is 34.5 Å². The van der Waals surface area contributed by atoms with Gasteiger partial charge in [-0.1, -0.05) is 0 Å². The fourth-order valence-corrected chi connectivity index (χ4v) is 15.1. The average molecular weight is 905 g/mol. The second-order valence-electron chi connectivity index (χ2n) is 22.5. The molecule has 61 heavy (non-hydrogen) atoms. The molecule has 0 aliphatic carbocycles. The van der Waals surface area contributed by atoms with E-state index in [0.29, 0.717) is 39.6 Å². The van der Waals surface area contributed by atoms with Gasteiger partial charge in [0.05, 0.1) is 0 Å². The second-order valence-corrected chi connectivity index (χ2v) is 27.2. The van der Waals surface area contributed by atoms with Gasteiger partial charge in [0, 0.05) is 0 Å². The van der Waals surface area contributed by atoms with Gasteiger partial charge in [-0.15, -0.1) is 0 Å². The van der Waals surface area contributed by atoms with Crippen molar-refractivity contribution in [2.24, 2.45) is 0 Å². The molecule has 3 rings (SSSR count). The summed E-state index contributed by atoms with van der Waals surface area (Å²) in [5.74, 6) is 5.30. The van der Waals surface area contributed by atoms with Crippen LogP contribution in [-0.2, 0) is 32.5 Å². The van der Waals surface area contributed by atoms with E-state index in [1.165, 1.54) is 0 Å². The van der Waals surface area contributed by atoms with Crippen molar-refractivity contribution in [1.82, 2.24) is 0 Å². The molecule has 3 aromatic rings. The van der Waals surface area contributed by atoms with Gasteiger partial charge < -0.3 is 0 Å². The summed E-state index contributed by atoms with van der Waals surface area (Å²) in [4.78, 5) is 0. The molecule has 0 bridgehead atoms. The summed E-state index contributed by atoms with van der Waals surface area (Å²) in [5, 5.41) is 0. The quantitative estimate of drug-likeness (QED) is 0.142. The van der Waals surface area contributed by atoms with Crippen LogP contribution in [0, 0.1) is 0 Å². The molecule has 0 fully saturated rings. The Labute approximate surface area is 378 Å². The molecule has 0 aromatic heterocycles. The fourth-order valence-electron chi connectivity index (χ4n) is 8.11. The number of hydrogen-bond donors (Lipinski definition) is 0. The zero-order valence-electron chi connectivity index (χ0n) is 43.4. The normalized spacial score (nSPS) is 13.1. The average Bonchev–Trinajstić information content (AvgIpc) is 3.08. The van der Waals surface area contributed by atoms with Crippen LogP contribution in [0.15, 0.2) is 18.2 Å². The fraction of sp³-hybridized carbons (Fsp3) is 0.667. The molecule has 0 N–H and O–H groups in total. The molecule has 0 atom stereocenters. The van der Waals surface area contributed by atoms with Gasteiger partial charge in [0.1, 0.15) is 0 Å². The molecule has 6 nitrogen and oxygen atoms in total. The first-order chi connectivity index (χ1) is 27.9. The van der Waals surface area contributed by atoms with Crippen LogP contribution < -0.4 is 41.6 Å². The van der Waals surface area contributed by atoms with Crippen molar-refractivity contribution in [3.63, 3.8) is 0 Å². The van der Waals surface area contributed by atoms with E-state index in [2.05, 4.69) is 184 Å². The standard InChI is InChI=1S/C54H87GeO6/c1-25-56-43-34(49(7,8)9)31-35(50(10,11)12)44(57-26-2)40(43)55(41-45(58-27-3)36(51(13,14)15)32-37(52(16,17)18)46(41)59-28-4)42-47(60-29-5)38(53(19,20)21)33-39(54(22,23)24)48(42)61-30-6/h31-33H,25-30H2,1-24H3. The summed E-state index contributed by atoms with van der Waals surface area (Å²) in [6, 6.07) is 7.11. The molecule has 0 aliphatic rings.